The summed E-state index contributed by atoms with van der Waals surface area (Å²) < 4.78 is 23.3. The summed E-state index contributed by atoms with van der Waals surface area (Å²) in [7, 11) is -3.47. The molecule has 0 aromatic rings. The zero-order valence-electron chi connectivity index (χ0n) is 6.82. The molecule has 0 amide bonds. The highest BCUT2D eigenvalue weighted by Gasteiger charge is 2.36. The Hall–Kier alpha value is -0.130. The minimum Gasteiger partial charge on any atom is -0.216 e. The van der Waals surface area contributed by atoms with Gasteiger partial charge in [-0.05, 0) is 26.7 Å². The maximum absolute atomic E-state index is 11.0. The Morgan fingerprint density at radius 2 is 1.91 bits per heavy atom. The van der Waals surface area contributed by atoms with Crippen LogP contribution in [0.2, 0.25) is 0 Å². The van der Waals surface area contributed by atoms with E-state index in [1.165, 1.54) is 4.31 Å². The Bertz CT molecular complexity index is 229. The first-order valence-electron chi connectivity index (χ1n) is 3.74. The summed E-state index contributed by atoms with van der Waals surface area (Å²) in [5.41, 5.74) is 0. The summed E-state index contributed by atoms with van der Waals surface area (Å²) in [6.45, 7) is 3.67. The minimum atomic E-state index is -3.47. The van der Waals surface area contributed by atoms with Gasteiger partial charge in [0.15, 0.2) is 0 Å². The van der Waals surface area contributed by atoms with Gasteiger partial charge in [-0.25, -0.2) is 5.14 Å². The van der Waals surface area contributed by atoms with Crippen LogP contribution >= 0.6 is 0 Å². The van der Waals surface area contributed by atoms with Gasteiger partial charge in [0, 0.05) is 12.1 Å². The molecule has 1 aliphatic rings. The molecule has 0 bridgehead atoms. The molecule has 0 atom stereocenters. The molecule has 0 heterocycles. The lowest BCUT2D eigenvalue weighted by Crippen LogP contribution is -2.42. The molecule has 5 heteroatoms. The highest BCUT2D eigenvalue weighted by Crippen LogP contribution is 2.29. The van der Waals surface area contributed by atoms with Gasteiger partial charge in [0.05, 0.1) is 0 Å². The van der Waals surface area contributed by atoms with Crippen molar-refractivity contribution in [1.82, 2.24) is 4.31 Å². The van der Waals surface area contributed by atoms with Crippen LogP contribution in [0.4, 0.5) is 0 Å². The second kappa shape index (κ2) is 2.73. The van der Waals surface area contributed by atoms with Crippen LogP contribution < -0.4 is 5.14 Å². The predicted octanol–water partition coefficient (Wildman–Crippen LogP) is 0.0627. The van der Waals surface area contributed by atoms with Gasteiger partial charge >= 0.3 is 0 Å². The van der Waals surface area contributed by atoms with Gasteiger partial charge in [-0.2, -0.15) is 12.7 Å². The third-order valence-electron chi connectivity index (χ3n) is 1.71. The van der Waals surface area contributed by atoms with Crippen LogP contribution in [-0.2, 0) is 10.2 Å². The summed E-state index contributed by atoms with van der Waals surface area (Å²) in [6, 6.07) is 0.155. The number of nitrogens with two attached hydrogens (primary N) is 1. The van der Waals surface area contributed by atoms with Crippen LogP contribution in [-0.4, -0.2) is 24.8 Å². The summed E-state index contributed by atoms with van der Waals surface area (Å²) in [4.78, 5) is 0. The van der Waals surface area contributed by atoms with Gasteiger partial charge in [0.2, 0.25) is 0 Å². The summed E-state index contributed by atoms with van der Waals surface area (Å²) in [6.07, 6.45) is 1.91. The number of hydrogen-bond donors (Lipinski definition) is 1. The second-order valence-electron chi connectivity index (χ2n) is 3.20. The van der Waals surface area contributed by atoms with Gasteiger partial charge in [0.1, 0.15) is 0 Å². The fourth-order valence-corrected chi connectivity index (χ4v) is 2.47. The number of rotatable bonds is 3. The SMILES string of the molecule is CC(C)N(C1CC1)S(N)(=O)=O. The number of hydrogen-bond acceptors (Lipinski definition) is 2. The zero-order chi connectivity index (χ0) is 8.65. The molecule has 1 aliphatic carbocycles. The first kappa shape index (κ1) is 8.96. The first-order valence-corrected chi connectivity index (χ1v) is 5.24. The van der Waals surface area contributed by atoms with E-state index in [1.54, 1.807) is 0 Å². The third-order valence-corrected chi connectivity index (χ3v) is 3.02. The first-order chi connectivity index (χ1) is 4.93. The molecule has 2 N–H and O–H groups in total. The van der Waals surface area contributed by atoms with Crippen LogP contribution in [0.25, 0.3) is 0 Å². The minimum absolute atomic E-state index is 0.0162. The Balaban J connectivity index is 2.75. The van der Waals surface area contributed by atoms with Crippen LogP contribution in [0.5, 0.6) is 0 Å². The van der Waals surface area contributed by atoms with Crippen molar-refractivity contribution < 1.29 is 8.42 Å². The van der Waals surface area contributed by atoms with E-state index in [9.17, 15) is 8.42 Å². The highest BCUT2D eigenvalue weighted by molar-refractivity contribution is 7.86. The topological polar surface area (TPSA) is 63.4 Å². The van der Waals surface area contributed by atoms with Gasteiger partial charge in [0.25, 0.3) is 10.2 Å². The Kier molecular flexibility index (Phi) is 2.22. The predicted molar refractivity (Wildman–Crippen MR) is 43.1 cm³/mol. The molecule has 4 nitrogen and oxygen atoms in total. The van der Waals surface area contributed by atoms with Crippen molar-refractivity contribution in [2.24, 2.45) is 5.14 Å². The van der Waals surface area contributed by atoms with E-state index in [1.807, 2.05) is 13.8 Å². The maximum atomic E-state index is 11.0. The highest BCUT2D eigenvalue weighted by atomic mass is 32.2. The molecule has 0 spiro atoms. The van der Waals surface area contributed by atoms with Crippen molar-refractivity contribution in [2.45, 2.75) is 38.8 Å². The molecular weight excluding hydrogens is 164 g/mol. The second-order valence-corrected chi connectivity index (χ2v) is 4.65. The molecule has 0 aliphatic heterocycles. The van der Waals surface area contributed by atoms with E-state index in [4.69, 9.17) is 5.14 Å². The molecule has 0 saturated heterocycles. The van der Waals surface area contributed by atoms with E-state index in [0.717, 1.165) is 12.8 Å². The average molecular weight is 178 g/mol. The average Bonchev–Trinajstić information content (AvgIpc) is 2.42. The Morgan fingerprint density at radius 1 is 1.45 bits per heavy atom. The van der Waals surface area contributed by atoms with E-state index >= 15 is 0 Å². The van der Waals surface area contributed by atoms with Crippen LogP contribution in [0.3, 0.4) is 0 Å². The summed E-state index contributed by atoms with van der Waals surface area (Å²) >= 11 is 0. The molecule has 66 valence electrons. The smallest absolute Gasteiger partial charge is 0.216 e. The van der Waals surface area contributed by atoms with Gasteiger partial charge < -0.3 is 0 Å². The van der Waals surface area contributed by atoms with Crippen molar-refractivity contribution in [3.63, 3.8) is 0 Å². The summed E-state index contributed by atoms with van der Waals surface area (Å²) in [5.74, 6) is 0. The molecular formula is C6H14N2O2S. The van der Waals surface area contributed by atoms with Gasteiger partial charge in [-0.3, -0.25) is 0 Å². The Morgan fingerprint density at radius 3 is 2.00 bits per heavy atom. The Labute approximate surface area is 67.6 Å². The van der Waals surface area contributed by atoms with E-state index in [2.05, 4.69) is 0 Å². The fourth-order valence-electron chi connectivity index (χ4n) is 1.25. The largest absolute Gasteiger partial charge is 0.277 e. The van der Waals surface area contributed by atoms with Crippen LogP contribution in [0.15, 0.2) is 0 Å². The number of nitrogens with zero attached hydrogens (tertiary/aromatic N) is 1. The molecule has 1 rings (SSSR count). The normalized spacial score (nSPS) is 19.7. The van der Waals surface area contributed by atoms with Gasteiger partial charge in [-0.15, -0.1) is 0 Å². The molecule has 11 heavy (non-hydrogen) atoms. The maximum Gasteiger partial charge on any atom is 0.277 e. The molecule has 0 aromatic heterocycles. The molecule has 1 saturated carbocycles. The van der Waals surface area contributed by atoms with Crippen LogP contribution in [0, 0.1) is 0 Å². The quantitative estimate of drug-likeness (QED) is 0.664. The van der Waals surface area contributed by atoms with Crippen molar-refractivity contribution in [3.05, 3.63) is 0 Å². The lowest BCUT2D eigenvalue weighted by atomic mass is 10.4. The third kappa shape index (κ3) is 2.15. The standard InChI is InChI=1S/C6H14N2O2S/c1-5(2)8(6-3-4-6)11(7,9)10/h5-6H,3-4H2,1-2H3,(H2,7,9,10). The lowest BCUT2D eigenvalue weighted by molar-refractivity contribution is 0.346. The van der Waals surface area contributed by atoms with Crippen molar-refractivity contribution in [1.29, 1.82) is 0 Å². The van der Waals surface area contributed by atoms with Crippen LogP contribution in [0.1, 0.15) is 26.7 Å². The van der Waals surface area contributed by atoms with Crippen molar-refractivity contribution in [2.75, 3.05) is 0 Å². The van der Waals surface area contributed by atoms with Crippen molar-refractivity contribution in [3.8, 4) is 0 Å². The monoisotopic (exact) mass is 178 g/mol. The van der Waals surface area contributed by atoms with Crippen molar-refractivity contribution >= 4 is 10.2 Å². The van der Waals surface area contributed by atoms with Gasteiger partial charge in [-0.1, -0.05) is 0 Å². The zero-order valence-corrected chi connectivity index (χ0v) is 7.63. The van der Waals surface area contributed by atoms with E-state index < -0.39 is 10.2 Å². The molecule has 0 aromatic carbocycles. The molecule has 0 unspecified atom stereocenters. The fraction of sp³-hybridized carbons (Fsp3) is 1.00. The lowest BCUT2D eigenvalue weighted by Gasteiger charge is -2.22. The van der Waals surface area contributed by atoms with E-state index in [0.29, 0.717) is 0 Å². The summed E-state index contributed by atoms with van der Waals surface area (Å²) in [5, 5.41) is 5.02. The molecule has 0 radical (unpaired) electrons. The van der Waals surface area contributed by atoms with E-state index in [-0.39, 0.29) is 12.1 Å². The molecule has 1 fully saturated rings.